The van der Waals surface area contributed by atoms with Gasteiger partial charge in [-0.05, 0) is 38.0 Å². The summed E-state index contributed by atoms with van der Waals surface area (Å²) in [7, 11) is 0. The van der Waals surface area contributed by atoms with E-state index in [1.165, 1.54) is 0 Å². The zero-order valence-corrected chi connectivity index (χ0v) is 13.2. The highest BCUT2D eigenvalue weighted by Gasteiger charge is 2.40. The van der Waals surface area contributed by atoms with Gasteiger partial charge in [-0.15, -0.1) is 0 Å². The van der Waals surface area contributed by atoms with Crippen LogP contribution >= 0.6 is 15.9 Å². The topological polar surface area (TPSA) is 47.6 Å². The second-order valence-electron chi connectivity index (χ2n) is 4.90. The van der Waals surface area contributed by atoms with Crippen molar-refractivity contribution in [3.63, 3.8) is 0 Å². The van der Waals surface area contributed by atoms with E-state index in [0.717, 1.165) is 23.0 Å². The number of rotatable bonds is 4. The molecular formula is C15H20BrNO3. The standard InChI is InChI=1S/C15H20BrNO3/c1-2-20-14(18)15(7-4-9-19-10-8-15)17-13-6-3-5-12(16)11-13/h3,5-6,11,17H,2,4,7-10H2,1H3. The average Bonchev–Trinajstić information content (AvgIpc) is 2.66. The molecule has 0 bridgehead atoms. The fraction of sp³-hybridized carbons (Fsp3) is 0.533. The summed E-state index contributed by atoms with van der Waals surface area (Å²) in [6, 6.07) is 7.82. The molecule has 1 aromatic carbocycles. The van der Waals surface area contributed by atoms with Gasteiger partial charge < -0.3 is 14.8 Å². The van der Waals surface area contributed by atoms with Crippen molar-refractivity contribution in [1.29, 1.82) is 0 Å². The molecule has 1 heterocycles. The van der Waals surface area contributed by atoms with Crippen LogP contribution in [-0.4, -0.2) is 31.3 Å². The van der Waals surface area contributed by atoms with Crippen molar-refractivity contribution in [2.24, 2.45) is 0 Å². The first-order valence-corrected chi connectivity index (χ1v) is 7.74. The van der Waals surface area contributed by atoms with E-state index in [9.17, 15) is 4.79 Å². The molecule has 110 valence electrons. The largest absolute Gasteiger partial charge is 0.464 e. The molecule has 5 heteroatoms. The van der Waals surface area contributed by atoms with Crippen molar-refractivity contribution in [3.05, 3.63) is 28.7 Å². The fourth-order valence-corrected chi connectivity index (χ4v) is 2.84. The van der Waals surface area contributed by atoms with Gasteiger partial charge >= 0.3 is 5.97 Å². The third kappa shape index (κ3) is 3.73. The van der Waals surface area contributed by atoms with Crippen LogP contribution in [-0.2, 0) is 14.3 Å². The van der Waals surface area contributed by atoms with Crippen molar-refractivity contribution in [3.8, 4) is 0 Å². The van der Waals surface area contributed by atoms with Crippen LogP contribution in [0.15, 0.2) is 28.7 Å². The van der Waals surface area contributed by atoms with E-state index in [2.05, 4.69) is 21.2 Å². The molecule has 1 aliphatic rings. The van der Waals surface area contributed by atoms with Crippen LogP contribution in [0.3, 0.4) is 0 Å². The van der Waals surface area contributed by atoms with Crippen molar-refractivity contribution in [1.82, 2.24) is 0 Å². The Balaban J connectivity index is 2.23. The molecule has 20 heavy (non-hydrogen) atoms. The Kier molecular flexibility index (Phi) is 5.43. The maximum atomic E-state index is 12.4. The van der Waals surface area contributed by atoms with E-state index in [1.54, 1.807) is 0 Å². The zero-order chi connectivity index (χ0) is 14.4. The Morgan fingerprint density at radius 1 is 1.45 bits per heavy atom. The minimum Gasteiger partial charge on any atom is -0.464 e. The normalized spacial score (nSPS) is 22.9. The van der Waals surface area contributed by atoms with Gasteiger partial charge in [-0.3, -0.25) is 0 Å². The van der Waals surface area contributed by atoms with Crippen molar-refractivity contribution in [2.75, 3.05) is 25.1 Å². The molecule has 1 saturated heterocycles. The number of anilines is 1. The second-order valence-corrected chi connectivity index (χ2v) is 5.82. The number of carbonyl (C=O) groups is 1. The van der Waals surface area contributed by atoms with Gasteiger partial charge in [-0.2, -0.15) is 0 Å². The number of carbonyl (C=O) groups excluding carboxylic acids is 1. The van der Waals surface area contributed by atoms with E-state index in [1.807, 2.05) is 31.2 Å². The Morgan fingerprint density at radius 2 is 2.30 bits per heavy atom. The molecular weight excluding hydrogens is 322 g/mol. The first kappa shape index (κ1) is 15.3. The van der Waals surface area contributed by atoms with E-state index in [-0.39, 0.29) is 5.97 Å². The quantitative estimate of drug-likeness (QED) is 0.853. The summed E-state index contributed by atoms with van der Waals surface area (Å²) in [5.41, 5.74) is 0.224. The molecule has 1 unspecified atom stereocenters. The molecule has 1 atom stereocenters. The Hall–Kier alpha value is -1.07. The van der Waals surface area contributed by atoms with Gasteiger partial charge in [0.2, 0.25) is 0 Å². The monoisotopic (exact) mass is 341 g/mol. The summed E-state index contributed by atoms with van der Waals surface area (Å²) < 4.78 is 11.7. The first-order chi connectivity index (χ1) is 9.66. The Morgan fingerprint density at radius 3 is 3.05 bits per heavy atom. The third-order valence-corrected chi connectivity index (χ3v) is 3.93. The molecule has 0 amide bonds. The maximum absolute atomic E-state index is 12.4. The number of hydrogen-bond donors (Lipinski definition) is 1. The minimum atomic E-state index is -0.687. The second kappa shape index (κ2) is 7.09. The summed E-state index contributed by atoms with van der Waals surface area (Å²) >= 11 is 3.45. The number of halogens is 1. The molecule has 0 saturated carbocycles. The zero-order valence-electron chi connectivity index (χ0n) is 11.7. The number of ether oxygens (including phenoxy) is 2. The molecule has 1 N–H and O–H groups in total. The maximum Gasteiger partial charge on any atom is 0.331 e. The minimum absolute atomic E-state index is 0.189. The number of hydrogen-bond acceptors (Lipinski definition) is 4. The van der Waals surface area contributed by atoms with E-state index in [4.69, 9.17) is 9.47 Å². The summed E-state index contributed by atoms with van der Waals surface area (Å²) in [6.45, 7) is 3.49. The van der Waals surface area contributed by atoms with Gasteiger partial charge in [0.05, 0.1) is 6.61 Å². The summed E-state index contributed by atoms with van der Waals surface area (Å²) in [5, 5.41) is 3.38. The van der Waals surface area contributed by atoms with Gasteiger partial charge in [0.25, 0.3) is 0 Å². The number of benzene rings is 1. The SMILES string of the molecule is CCOC(=O)C1(Nc2cccc(Br)c2)CCCOCC1. The van der Waals surface area contributed by atoms with Crippen LogP contribution in [0.2, 0.25) is 0 Å². The predicted octanol–water partition coefficient (Wildman–Crippen LogP) is 3.36. The molecule has 1 aliphatic heterocycles. The third-order valence-electron chi connectivity index (χ3n) is 3.44. The highest BCUT2D eigenvalue weighted by atomic mass is 79.9. The highest BCUT2D eigenvalue weighted by molar-refractivity contribution is 9.10. The highest BCUT2D eigenvalue weighted by Crippen LogP contribution is 2.29. The summed E-state index contributed by atoms with van der Waals surface area (Å²) in [5.74, 6) is -0.189. The fourth-order valence-electron chi connectivity index (χ4n) is 2.44. The molecule has 0 radical (unpaired) electrons. The Bertz CT molecular complexity index is 456. The van der Waals surface area contributed by atoms with Crippen LogP contribution in [0, 0.1) is 0 Å². The first-order valence-electron chi connectivity index (χ1n) is 6.95. The lowest BCUT2D eigenvalue weighted by Gasteiger charge is -2.32. The van der Waals surface area contributed by atoms with Gasteiger partial charge in [0.1, 0.15) is 5.54 Å². The van der Waals surface area contributed by atoms with Crippen LogP contribution in [0.5, 0.6) is 0 Å². The number of esters is 1. The molecule has 2 rings (SSSR count). The smallest absolute Gasteiger partial charge is 0.331 e. The van der Waals surface area contributed by atoms with E-state index >= 15 is 0 Å². The summed E-state index contributed by atoms with van der Waals surface area (Å²) in [4.78, 5) is 12.4. The molecule has 1 fully saturated rings. The lowest BCUT2D eigenvalue weighted by Crippen LogP contribution is -2.48. The molecule has 1 aromatic rings. The van der Waals surface area contributed by atoms with Gasteiger partial charge in [-0.1, -0.05) is 22.0 Å². The summed E-state index contributed by atoms with van der Waals surface area (Å²) in [6.07, 6.45) is 2.19. The lowest BCUT2D eigenvalue weighted by molar-refractivity contribution is -0.149. The van der Waals surface area contributed by atoms with E-state index in [0.29, 0.717) is 26.2 Å². The van der Waals surface area contributed by atoms with Crippen LogP contribution in [0.4, 0.5) is 5.69 Å². The van der Waals surface area contributed by atoms with Gasteiger partial charge in [0, 0.05) is 29.8 Å². The number of nitrogens with one attached hydrogen (secondary N) is 1. The Labute approximate surface area is 128 Å². The van der Waals surface area contributed by atoms with Crippen LogP contribution in [0.1, 0.15) is 26.2 Å². The van der Waals surface area contributed by atoms with Crippen molar-refractivity contribution in [2.45, 2.75) is 31.7 Å². The lowest BCUT2D eigenvalue weighted by atomic mass is 9.90. The molecule has 4 nitrogen and oxygen atoms in total. The van der Waals surface area contributed by atoms with Crippen molar-refractivity contribution >= 4 is 27.6 Å². The predicted molar refractivity (Wildman–Crippen MR) is 81.8 cm³/mol. The van der Waals surface area contributed by atoms with Crippen LogP contribution in [0.25, 0.3) is 0 Å². The van der Waals surface area contributed by atoms with Crippen molar-refractivity contribution < 1.29 is 14.3 Å². The molecule has 0 spiro atoms. The molecule has 0 aliphatic carbocycles. The average molecular weight is 342 g/mol. The van der Waals surface area contributed by atoms with Gasteiger partial charge in [0.15, 0.2) is 0 Å². The van der Waals surface area contributed by atoms with E-state index < -0.39 is 5.54 Å². The van der Waals surface area contributed by atoms with Gasteiger partial charge in [-0.25, -0.2) is 4.79 Å². The van der Waals surface area contributed by atoms with Crippen LogP contribution < -0.4 is 5.32 Å². The molecule has 0 aromatic heterocycles.